The van der Waals surface area contributed by atoms with Crippen LogP contribution in [0.15, 0.2) is 48.5 Å². The van der Waals surface area contributed by atoms with Gasteiger partial charge in [-0.2, -0.15) is 0 Å². The molecule has 0 spiro atoms. The summed E-state index contributed by atoms with van der Waals surface area (Å²) in [4.78, 5) is 12.3. The Labute approximate surface area is 137 Å². The summed E-state index contributed by atoms with van der Waals surface area (Å²) in [6.45, 7) is 2.39. The highest BCUT2D eigenvalue weighted by atomic mass is 16.5. The summed E-state index contributed by atoms with van der Waals surface area (Å²) in [6, 6.07) is 15.0. The Morgan fingerprint density at radius 2 is 1.87 bits per heavy atom. The second kappa shape index (κ2) is 8.65. The van der Waals surface area contributed by atoms with Gasteiger partial charge in [0.05, 0.1) is 12.7 Å². The van der Waals surface area contributed by atoms with Crippen molar-refractivity contribution in [3.05, 3.63) is 59.7 Å². The van der Waals surface area contributed by atoms with Crippen LogP contribution < -0.4 is 9.47 Å². The Balaban J connectivity index is 2.25. The second-order valence-corrected chi connectivity index (χ2v) is 4.99. The molecule has 0 bridgehead atoms. The molecule has 3 nitrogen and oxygen atoms in total. The normalized spacial score (nSPS) is 9.65. The van der Waals surface area contributed by atoms with Gasteiger partial charge in [-0.1, -0.05) is 49.2 Å². The van der Waals surface area contributed by atoms with E-state index in [-0.39, 0.29) is 5.78 Å². The molecule has 0 fully saturated rings. The van der Waals surface area contributed by atoms with Crippen LogP contribution in [-0.4, -0.2) is 12.9 Å². The molecular weight excluding hydrogens is 288 g/mol. The Morgan fingerprint density at radius 1 is 1.09 bits per heavy atom. The van der Waals surface area contributed by atoms with Gasteiger partial charge in [0.15, 0.2) is 11.5 Å². The maximum absolute atomic E-state index is 12.3. The molecule has 2 aromatic rings. The van der Waals surface area contributed by atoms with Gasteiger partial charge in [-0.15, -0.1) is 0 Å². The van der Waals surface area contributed by atoms with Gasteiger partial charge >= 0.3 is 0 Å². The van der Waals surface area contributed by atoms with E-state index in [1.807, 2.05) is 37.3 Å². The van der Waals surface area contributed by atoms with Crippen LogP contribution in [0.3, 0.4) is 0 Å². The first kappa shape index (κ1) is 16.6. The van der Waals surface area contributed by atoms with Crippen LogP contribution >= 0.6 is 0 Å². The number of Topliss-reactive ketones (excluding diaryl/α,β-unsaturated/α-hetero) is 1. The number of ketones is 1. The smallest absolute Gasteiger partial charge is 0.239 e. The summed E-state index contributed by atoms with van der Waals surface area (Å²) >= 11 is 0. The second-order valence-electron chi connectivity index (χ2n) is 4.99. The zero-order valence-electron chi connectivity index (χ0n) is 13.5. The maximum Gasteiger partial charge on any atom is 0.239 e. The lowest BCUT2D eigenvalue weighted by Gasteiger charge is -2.13. The Morgan fingerprint density at radius 3 is 2.57 bits per heavy atom. The first-order chi connectivity index (χ1) is 11.3. The average molecular weight is 308 g/mol. The highest BCUT2D eigenvalue weighted by molar-refractivity contribution is 6.11. The third kappa shape index (κ3) is 4.62. The van der Waals surface area contributed by atoms with Gasteiger partial charge in [0.2, 0.25) is 5.78 Å². The van der Waals surface area contributed by atoms with Crippen molar-refractivity contribution in [1.82, 2.24) is 0 Å². The van der Waals surface area contributed by atoms with Gasteiger partial charge in [0, 0.05) is 6.42 Å². The monoisotopic (exact) mass is 308 g/mol. The number of unbranched alkanes of at least 4 members (excludes halogenated alkanes) is 1. The molecule has 0 aliphatic heterocycles. The molecule has 2 rings (SSSR count). The average Bonchev–Trinajstić information content (AvgIpc) is 2.60. The minimum Gasteiger partial charge on any atom is -0.493 e. The van der Waals surface area contributed by atoms with Gasteiger partial charge in [-0.25, -0.2) is 0 Å². The fourth-order valence-corrected chi connectivity index (χ4v) is 2.07. The number of hydrogen-bond acceptors (Lipinski definition) is 3. The summed E-state index contributed by atoms with van der Waals surface area (Å²) < 4.78 is 11.2. The third-order valence-corrected chi connectivity index (χ3v) is 3.25. The molecule has 118 valence electrons. The van der Waals surface area contributed by atoms with Crippen LogP contribution in [0.2, 0.25) is 0 Å². The number of para-hydroxylation sites is 1. The van der Waals surface area contributed by atoms with E-state index in [0.29, 0.717) is 30.1 Å². The van der Waals surface area contributed by atoms with E-state index in [1.54, 1.807) is 25.3 Å². The number of carbonyl (C=O) groups is 1. The van der Waals surface area contributed by atoms with Crippen molar-refractivity contribution in [3.8, 4) is 23.3 Å². The zero-order chi connectivity index (χ0) is 16.5. The first-order valence-electron chi connectivity index (χ1n) is 7.63. The molecule has 0 aliphatic carbocycles. The molecular formula is C20H20O3. The van der Waals surface area contributed by atoms with E-state index < -0.39 is 0 Å². The summed E-state index contributed by atoms with van der Waals surface area (Å²) in [6.07, 6.45) is 1.63. The number of carbonyl (C=O) groups excluding carboxylic acids is 1. The lowest BCUT2D eigenvalue weighted by molar-refractivity contribution is 0.105. The lowest BCUT2D eigenvalue weighted by Crippen LogP contribution is -2.04. The van der Waals surface area contributed by atoms with Crippen molar-refractivity contribution in [3.63, 3.8) is 0 Å². The minimum atomic E-state index is -0.250. The number of hydrogen-bond donors (Lipinski definition) is 0. The van der Waals surface area contributed by atoms with Crippen LogP contribution in [0.25, 0.3) is 0 Å². The molecule has 0 aromatic heterocycles. The quantitative estimate of drug-likeness (QED) is 0.454. The SMILES string of the molecule is CCCC#CC(=O)c1cccc(OC)c1OCc1ccccc1. The summed E-state index contributed by atoms with van der Waals surface area (Å²) in [5, 5.41) is 0. The molecule has 0 amide bonds. The van der Waals surface area contributed by atoms with Crippen molar-refractivity contribution >= 4 is 5.78 Å². The predicted molar refractivity (Wildman–Crippen MR) is 90.8 cm³/mol. The van der Waals surface area contributed by atoms with Crippen LogP contribution in [0.1, 0.15) is 35.7 Å². The summed E-state index contributed by atoms with van der Waals surface area (Å²) in [5.74, 6) is 6.26. The molecule has 0 unspecified atom stereocenters. The van der Waals surface area contributed by atoms with E-state index in [9.17, 15) is 4.79 Å². The highest BCUT2D eigenvalue weighted by Gasteiger charge is 2.15. The molecule has 0 radical (unpaired) electrons. The fourth-order valence-electron chi connectivity index (χ4n) is 2.07. The number of ether oxygens (including phenoxy) is 2. The van der Waals surface area contributed by atoms with Gasteiger partial charge < -0.3 is 9.47 Å². The first-order valence-corrected chi connectivity index (χ1v) is 7.63. The van der Waals surface area contributed by atoms with Gasteiger partial charge in [-0.05, 0) is 30.0 Å². The molecule has 3 heteroatoms. The Kier molecular flexibility index (Phi) is 6.26. The van der Waals surface area contributed by atoms with Crippen LogP contribution in [0.5, 0.6) is 11.5 Å². The third-order valence-electron chi connectivity index (χ3n) is 3.25. The van der Waals surface area contributed by atoms with Gasteiger partial charge in [0.1, 0.15) is 6.61 Å². The summed E-state index contributed by atoms with van der Waals surface area (Å²) in [5.41, 5.74) is 1.46. The molecule has 0 saturated heterocycles. The standard InChI is InChI=1S/C20H20O3/c1-3-4-6-13-18(21)17-12-9-14-19(22-2)20(17)23-15-16-10-7-5-8-11-16/h5,7-12,14H,3-4,15H2,1-2H3. The molecule has 0 N–H and O–H groups in total. The van der Waals surface area contributed by atoms with E-state index in [0.717, 1.165) is 12.0 Å². The molecule has 0 atom stereocenters. The molecule has 0 aliphatic rings. The Bertz CT molecular complexity index is 709. The molecule has 2 aromatic carbocycles. The number of benzene rings is 2. The van der Waals surface area contributed by atoms with Crippen molar-refractivity contribution in [2.24, 2.45) is 0 Å². The predicted octanol–water partition coefficient (Wildman–Crippen LogP) is 4.26. The van der Waals surface area contributed by atoms with E-state index >= 15 is 0 Å². The minimum absolute atomic E-state index is 0.250. The largest absolute Gasteiger partial charge is 0.493 e. The van der Waals surface area contributed by atoms with Crippen molar-refractivity contribution < 1.29 is 14.3 Å². The number of rotatable bonds is 6. The molecule has 23 heavy (non-hydrogen) atoms. The van der Waals surface area contributed by atoms with Gasteiger partial charge in [-0.3, -0.25) is 4.79 Å². The van der Waals surface area contributed by atoms with Crippen molar-refractivity contribution in [2.75, 3.05) is 7.11 Å². The van der Waals surface area contributed by atoms with E-state index in [1.165, 1.54) is 0 Å². The van der Waals surface area contributed by atoms with Crippen LogP contribution in [0.4, 0.5) is 0 Å². The van der Waals surface area contributed by atoms with E-state index in [4.69, 9.17) is 9.47 Å². The Hall–Kier alpha value is -2.73. The maximum atomic E-state index is 12.3. The number of methoxy groups -OCH3 is 1. The fraction of sp³-hybridized carbons (Fsp3) is 0.250. The molecule has 0 heterocycles. The summed E-state index contributed by atoms with van der Waals surface area (Å²) in [7, 11) is 1.56. The van der Waals surface area contributed by atoms with E-state index in [2.05, 4.69) is 11.8 Å². The van der Waals surface area contributed by atoms with Crippen molar-refractivity contribution in [2.45, 2.75) is 26.4 Å². The highest BCUT2D eigenvalue weighted by Crippen LogP contribution is 2.32. The zero-order valence-corrected chi connectivity index (χ0v) is 13.5. The van der Waals surface area contributed by atoms with Gasteiger partial charge in [0.25, 0.3) is 0 Å². The molecule has 0 saturated carbocycles. The van der Waals surface area contributed by atoms with Crippen LogP contribution in [-0.2, 0) is 6.61 Å². The van der Waals surface area contributed by atoms with Crippen LogP contribution in [0, 0.1) is 11.8 Å². The lowest BCUT2D eigenvalue weighted by atomic mass is 10.1. The topological polar surface area (TPSA) is 35.5 Å². The van der Waals surface area contributed by atoms with Crippen molar-refractivity contribution in [1.29, 1.82) is 0 Å².